The molecule has 80 valence electrons. The van der Waals surface area contributed by atoms with E-state index in [4.69, 9.17) is 10.5 Å². The van der Waals surface area contributed by atoms with Gasteiger partial charge in [0.25, 0.3) is 0 Å². The monoisotopic (exact) mass is 207 g/mol. The predicted molar refractivity (Wildman–Crippen MR) is 55.0 cm³/mol. The molecule has 4 nitrogen and oxygen atoms in total. The topological polar surface area (TPSA) is 61.5 Å². The summed E-state index contributed by atoms with van der Waals surface area (Å²) in [5.74, 6) is 0.473. The normalized spacial score (nSPS) is 18.9. The Morgan fingerprint density at radius 1 is 1.60 bits per heavy atom. The smallest absolute Gasteiger partial charge is 0.337 e. The van der Waals surface area contributed by atoms with E-state index in [1.54, 1.807) is 18.2 Å². The fraction of sp³-hybridized carbons (Fsp3) is 0.364. The zero-order valence-electron chi connectivity index (χ0n) is 8.53. The van der Waals surface area contributed by atoms with Gasteiger partial charge >= 0.3 is 5.97 Å². The van der Waals surface area contributed by atoms with Crippen LogP contribution in [0.25, 0.3) is 0 Å². The highest BCUT2D eigenvalue weighted by Gasteiger charge is 2.18. The molecule has 1 aliphatic rings. The number of carbonyl (C=O) groups excluding carboxylic acids is 1. The SMILES string of the molecule is COC(=O)c1ccc2c(c1)C[C@H](N)CO2. The third-order valence-electron chi connectivity index (χ3n) is 2.42. The van der Waals surface area contributed by atoms with E-state index in [0.29, 0.717) is 12.2 Å². The quantitative estimate of drug-likeness (QED) is 0.690. The van der Waals surface area contributed by atoms with Crippen molar-refractivity contribution in [3.63, 3.8) is 0 Å². The van der Waals surface area contributed by atoms with Crippen LogP contribution in [0.2, 0.25) is 0 Å². The average molecular weight is 207 g/mol. The first kappa shape index (κ1) is 9.98. The number of rotatable bonds is 1. The van der Waals surface area contributed by atoms with Gasteiger partial charge in [-0.3, -0.25) is 0 Å². The van der Waals surface area contributed by atoms with Crippen molar-refractivity contribution in [2.75, 3.05) is 13.7 Å². The maximum atomic E-state index is 11.3. The van der Waals surface area contributed by atoms with Crippen molar-refractivity contribution in [3.05, 3.63) is 29.3 Å². The van der Waals surface area contributed by atoms with Gasteiger partial charge in [-0.25, -0.2) is 4.79 Å². The Balaban J connectivity index is 2.32. The van der Waals surface area contributed by atoms with Crippen LogP contribution in [-0.4, -0.2) is 25.7 Å². The van der Waals surface area contributed by atoms with Crippen LogP contribution in [-0.2, 0) is 11.2 Å². The van der Waals surface area contributed by atoms with Crippen molar-refractivity contribution in [1.82, 2.24) is 0 Å². The third kappa shape index (κ3) is 1.94. The second-order valence-corrected chi connectivity index (χ2v) is 3.59. The number of hydrogen-bond acceptors (Lipinski definition) is 4. The molecule has 2 rings (SSSR count). The molecule has 1 aromatic carbocycles. The van der Waals surface area contributed by atoms with Crippen LogP contribution in [0, 0.1) is 0 Å². The molecule has 0 aliphatic carbocycles. The van der Waals surface area contributed by atoms with Gasteiger partial charge in [-0.15, -0.1) is 0 Å². The molecular weight excluding hydrogens is 194 g/mol. The van der Waals surface area contributed by atoms with Gasteiger partial charge in [0.15, 0.2) is 0 Å². The first-order valence-corrected chi connectivity index (χ1v) is 4.80. The summed E-state index contributed by atoms with van der Waals surface area (Å²) in [7, 11) is 1.37. The lowest BCUT2D eigenvalue weighted by atomic mass is 10.0. The largest absolute Gasteiger partial charge is 0.492 e. The fourth-order valence-electron chi connectivity index (χ4n) is 1.66. The molecule has 1 aromatic rings. The molecule has 0 radical (unpaired) electrons. The van der Waals surface area contributed by atoms with Crippen LogP contribution in [0.15, 0.2) is 18.2 Å². The van der Waals surface area contributed by atoms with Gasteiger partial charge in [0.2, 0.25) is 0 Å². The molecule has 0 fully saturated rings. The van der Waals surface area contributed by atoms with Crippen LogP contribution >= 0.6 is 0 Å². The van der Waals surface area contributed by atoms with Crippen LogP contribution in [0.5, 0.6) is 5.75 Å². The molecule has 0 amide bonds. The minimum absolute atomic E-state index is 0.00500. The highest BCUT2D eigenvalue weighted by molar-refractivity contribution is 5.89. The lowest BCUT2D eigenvalue weighted by molar-refractivity contribution is 0.0600. The molecule has 2 N–H and O–H groups in total. The van der Waals surface area contributed by atoms with Gasteiger partial charge in [-0.1, -0.05) is 0 Å². The number of carbonyl (C=O) groups is 1. The van der Waals surface area contributed by atoms with E-state index in [0.717, 1.165) is 17.7 Å². The fourth-order valence-corrected chi connectivity index (χ4v) is 1.66. The number of esters is 1. The standard InChI is InChI=1S/C11H13NO3/c1-14-11(13)7-2-3-10-8(4-7)5-9(12)6-15-10/h2-4,9H,5-6,12H2,1H3/t9-/m0/s1. The van der Waals surface area contributed by atoms with Gasteiger partial charge < -0.3 is 15.2 Å². The van der Waals surface area contributed by atoms with Crippen LogP contribution in [0.3, 0.4) is 0 Å². The van der Waals surface area contributed by atoms with E-state index in [9.17, 15) is 4.79 Å². The predicted octanol–water partition coefficient (Wildman–Crippen LogP) is 0.735. The number of benzene rings is 1. The Labute approximate surface area is 88.0 Å². The molecule has 0 unspecified atom stereocenters. The number of ether oxygens (including phenoxy) is 2. The minimum atomic E-state index is -0.336. The van der Waals surface area contributed by atoms with E-state index in [1.165, 1.54) is 7.11 Å². The van der Waals surface area contributed by atoms with Gasteiger partial charge in [0, 0.05) is 6.04 Å². The lowest BCUT2D eigenvalue weighted by Crippen LogP contribution is -2.33. The Morgan fingerprint density at radius 2 is 2.40 bits per heavy atom. The molecule has 0 spiro atoms. The summed E-state index contributed by atoms with van der Waals surface area (Å²) < 4.78 is 10.1. The molecule has 1 aliphatic heterocycles. The molecule has 0 aromatic heterocycles. The number of fused-ring (bicyclic) bond motifs is 1. The highest BCUT2D eigenvalue weighted by Crippen LogP contribution is 2.25. The van der Waals surface area contributed by atoms with Crippen molar-refractivity contribution < 1.29 is 14.3 Å². The first-order valence-electron chi connectivity index (χ1n) is 4.80. The molecule has 4 heteroatoms. The lowest BCUT2D eigenvalue weighted by Gasteiger charge is -2.22. The van der Waals surface area contributed by atoms with E-state index in [1.807, 2.05) is 0 Å². The average Bonchev–Trinajstić information content (AvgIpc) is 2.27. The maximum absolute atomic E-state index is 11.3. The number of hydrogen-bond donors (Lipinski definition) is 1. The van der Waals surface area contributed by atoms with Gasteiger partial charge in [0.1, 0.15) is 12.4 Å². The second kappa shape index (κ2) is 3.90. The molecular formula is C11H13NO3. The van der Waals surface area contributed by atoms with Crippen LogP contribution in [0.4, 0.5) is 0 Å². The van der Waals surface area contributed by atoms with E-state index in [2.05, 4.69) is 4.74 Å². The first-order chi connectivity index (χ1) is 7.20. The summed E-state index contributed by atoms with van der Waals surface area (Å²) in [4.78, 5) is 11.3. The summed E-state index contributed by atoms with van der Waals surface area (Å²) >= 11 is 0. The molecule has 15 heavy (non-hydrogen) atoms. The summed E-state index contributed by atoms with van der Waals surface area (Å²) in [5, 5.41) is 0. The summed E-state index contributed by atoms with van der Waals surface area (Å²) in [6.07, 6.45) is 0.736. The Bertz CT molecular complexity index is 389. The Morgan fingerprint density at radius 3 is 3.13 bits per heavy atom. The summed E-state index contributed by atoms with van der Waals surface area (Å²) in [6.45, 7) is 0.532. The molecule has 0 saturated heterocycles. The number of methoxy groups -OCH3 is 1. The highest BCUT2D eigenvalue weighted by atomic mass is 16.5. The molecule has 1 heterocycles. The third-order valence-corrected chi connectivity index (χ3v) is 2.42. The van der Waals surface area contributed by atoms with Crippen molar-refractivity contribution in [1.29, 1.82) is 0 Å². The van der Waals surface area contributed by atoms with Crippen LogP contribution in [0.1, 0.15) is 15.9 Å². The maximum Gasteiger partial charge on any atom is 0.337 e. The van der Waals surface area contributed by atoms with Crippen molar-refractivity contribution in [3.8, 4) is 5.75 Å². The zero-order valence-corrected chi connectivity index (χ0v) is 8.53. The molecule has 0 saturated carbocycles. The van der Waals surface area contributed by atoms with E-state index < -0.39 is 0 Å². The van der Waals surface area contributed by atoms with Gasteiger partial charge in [0.05, 0.1) is 12.7 Å². The minimum Gasteiger partial charge on any atom is -0.492 e. The zero-order chi connectivity index (χ0) is 10.8. The Kier molecular flexibility index (Phi) is 2.60. The van der Waals surface area contributed by atoms with E-state index in [-0.39, 0.29) is 12.0 Å². The Hall–Kier alpha value is -1.55. The summed E-state index contributed by atoms with van der Waals surface area (Å²) in [6, 6.07) is 5.26. The van der Waals surface area contributed by atoms with Crippen molar-refractivity contribution in [2.45, 2.75) is 12.5 Å². The summed E-state index contributed by atoms with van der Waals surface area (Å²) in [5.41, 5.74) is 7.27. The van der Waals surface area contributed by atoms with Crippen LogP contribution < -0.4 is 10.5 Å². The molecule has 0 bridgehead atoms. The second-order valence-electron chi connectivity index (χ2n) is 3.59. The van der Waals surface area contributed by atoms with Gasteiger partial charge in [-0.05, 0) is 30.2 Å². The van der Waals surface area contributed by atoms with Crippen molar-refractivity contribution >= 4 is 5.97 Å². The van der Waals surface area contributed by atoms with E-state index >= 15 is 0 Å². The number of nitrogens with two attached hydrogens (primary N) is 1. The van der Waals surface area contributed by atoms with Crippen molar-refractivity contribution in [2.24, 2.45) is 5.73 Å². The van der Waals surface area contributed by atoms with Gasteiger partial charge in [-0.2, -0.15) is 0 Å². The molecule has 1 atom stereocenters.